The Bertz CT molecular complexity index is 992. The van der Waals surface area contributed by atoms with E-state index >= 15 is 0 Å². The minimum atomic E-state index is -3.53. The third-order valence-corrected chi connectivity index (χ3v) is 7.95. The molecule has 0 radical (unpaired) electrons. The van der Waals surface area contributed by atoms with Crippen molar-refractivity contribution in [2.45, 2.75) is 49.1 Å². The highest BCUT2D eigenvalue weighted by Crippen LogP contribution is 2.39. The van der Waals surface area contributed by atoms with Crippen LogP contribution >= 0.6 is 11.8 Å². The molecule has 1 amide bonds. The number of rotatable bonds is 7. The van der Waals surface area contributed by atoms with E-state index in [9.17, 15) is 13.2 Å². The van der Waals surface area contributed by atoms with Gasteiger partial charge in [-0.05, 0) is 55.4 Å². The zero-order valence-corrected chi connectivity index (χ0v) is 18.7. The normalized spacial score (nSPS) is 22.7. The summed E-state index contributed by atoms with van der Waals surface area (Å²) < 4.78 is 33.0. The van der Waals surface area contributed by atoms with Crippen molar-refractivity contribution in [1.82, 2.24) is 14.5 Å². The zero-order valence-electron chi connectivity index (χ0n) is 17.1. The molecule has 0 unspecified atom stereocenters. The van der Waals surface area contributed by atoms with Gasteiger partial charge in [-0.25, -0.2) is 8.42 Å². The van der Waals surface area contributed by atoms with Gasteiger partial charge in [-0.1, -0.05) is 25.6 Å². The minimum absolute atomic E-state index is 0.135. The highest BCUT2D eigenvalue weighted by Gasteiger charge is 2.32. The zero-order chi connectivity index (χ0) is 21.3. The second-order valence-electron chi connectivity index (χ2n) is 8.31. The first-order valence-electron chi connectivity index (χ1n) is 10.2. The number of carbonyl (C=O) groups excluding carboxylic acids is 1. The Morgan fingerprint density at radius 2 is 1.83 bits per heavy atom. The molecule has 10 heteroatoms. The molecule has 0 spiro atoms. The molecule has 1 aliphatic heterocycles. The van der Waals surface area contributed by atoms with Gasteiger partial charge in [0, 0.05) is 24.7 Å². The molecule has 1 aromatic heterocycles. The third kappa shape index (κ3) is 5.04. The molecular formula is C20H26N4O4S2. The molecule has 2 fully saturated rings. The lowest BCUT2D eigenvalue weighted by Crippen LogP contribution is -2.42. The van der Waals surface area contributed by atoms with Crippen molar-refractivity contribution in [2.75, 3.05) is 24.2 Å². The Labute approximate surface area is 180 Å². The monoisotopic (exact) mass is 450 g/mol. The van der Waals surface area contributed by atoms with Crippen LogP contribution in [-0.4, -0.2) is 47.7 Å². The number of benzene rings is 1. The summed E-state index contributed by atoms with van der Waals surface area (Å²) in [6, 6.07) is 6.32. The van der Waals surface area contributed by atoms with Crippen molar-refractivity contribution >= 4 is 33.4 Å². The van der Waals surface area contributed by atoms with Crippen LogP contribution < -0.4 is 5.32 Å². The van der Waals surface area contributed by atoms with Gasteiger partial charge in [0.15, 0.2) is 0 Å². The molecule has 0 bridgehead atoms. The van der Waals surface area contributed by atoms with Gasteiger partial charge in [0.05, 0.1) is 10.6 Å². The van der Waals surface area contributed by atoms with Gasteiger partial charge < -0.3 is 9.73 Å². The molecule has 1 saturated carbocycles. The van der Waals surface area contributed by atoms with Gasteiger partial charge in [-0.3, -0.25) is 4.79 Å². The van der Waals surface area contributed by atoms with E-state index in [4.69, 9.17) is 4.42 Å². The standard InChI is InChI=1S/C20H26N4O4S2/c1-13-9-14(2)11-24(10-13)30(26,27)17-7-5-16(6-8-17)21-18(25)12-29-20-23-22-19(28-20)15-3-4-15/h5-8,13-15H,3-4,9-12H2,1-2H3,(H,21,25)/t13-,14-/m0/s1. The second-order valence-corrected chi connectivity index (χ2v) is 11.2. The summed E-state index contributed by atoms with van der Waals surface area (Å²) in [5.41, 5.74) is 0.545. The fraction of sp³-hybridized carbons (Fsp3) is 0.550. The molecule has 1 aliphatic carbocycles. The lowest BCUT2D eigenvalue weighted by Gasteiger charge is -2.34. The number of carbonyl (C=O) groups is 1. The molecule has 1 N–H and O–H groups in total. The molecule has 2 heterocycles. The number of sulfonamides is 1. The van der Waals surface area contributed by atoms with Gasteiger partial charge in [0.2, 0.25) is 21.8 Å². The lowest BCUT2D eigenvalue weighted by atomic mass is 9.94. The number of thioether (sulfide) groups is 1. The predicted molar refractivity (Wildman–Crippen MR) is 114 cm³/mol. The average Bonchev–Trinajstić information content (AvgIpc) is 3.44. The number of aromatic nitrogens is 2. The largest absolute Gasteiger partial charge is 0.416 e. The van der Waals surface area contributed by atoms with Crippen LogP contribution in [0.2, 0.25) is 0 Å². The van der Waals surface area contributed by atoms with Crippen molar-refractivity contribution < 1.29 is 17.6 Å². The lowest BCUT2D eigenvalue weighted by molar-refractivity contribution is -0.113. The van der Waals surface area contributed by atoms with E-state index in [1.807, 2.05) is 0 Å². The van der Waals surface area contributed by atoms with E-state index in [0.717, 1.165) is 19.3 Å². The van der Waals surface area contributed by atoms with Crippen molar-refractivity contribution in [1.29, 1.82) is 0 Å². The van der Waals surface area contributed by atoms with Crippen molar-refractivity contribution in [3.8, 4) is 0 Å². The molecule has 162 valence electrons. The quantitative estimate of drug-likeness (QED) is 0.645. The van der Waals surface area contributed by atoms with Gasteiger partial charge in [-0.2, -0.15) is 4.31 Å². The summed E-state index contributed by atoms with van der Waals surface area (Å²) in [5.74, 6) is 1.63. The predicted octanol–water partition coefficient (Wildman–Crippen LogP) is 3.34. The fourth-order valence-electron chi connectivity index (χ4n) is 3.76. The Balaban J connectivity index is 1.32. The van der Waals surface area contributed by atoms with Crippen LogP contribution in [-0.2, 0) is 14.8 Å². The Hall–Kier alpha value is -1.91. The number of anilines is 1. The van der Waals surface area contributed by atoms with E-state index in [2.05, 4.69) is 29.4 Å². The summed E-state index contributed by atoms with van der Waals surface area (Å²) in [6.07, 6.45) is 3.20. The smallest absolute Gasteiger partial charge is 0.277 e. The van der Waals surface area contributed by atoms with E-state index in [1.54, 1.807) is 28.6 Å². The second kappa shape index (κ2) is 8.68. The first-order valence-corrected chi connectivity index (χ1v) is 12.6. The van der Waals surface area contributed by atoms with Crippen LogP contribution in [0, 0.1) is 11.8 Å². The topological polar surface area (TPSA) is 105 Å². The molecular weight excluding hydrogens is 424 g/mol. The number of nitrogens with zero attached hydrogens (tertiary/aromatic N) is 3. The van der Waals surface area contributed by atoms with E-state index in [1.165, 1.54) is 11.8 Å². The van der Waals surface area contributed by atoms with Gasteiger partial charge in [0.25, 0.3) is 5.22 Å². The van der Waals surface area contributed by atoms with Crippen molar-refractivity contribution in [3.05, 3.63) is 30.2 Å². The number of nitrogens with one attached hydrogen (secondary N) is 1. The van der Waals surface area contributed by atoms with Crippen molar-refractivity contribution in [3.63, 3.8) is 0 Å². The maximum Gasteiger partial charge on any atom is 0.277 e. The number of hydrogen-bond acceptors (Lipinski definition) is 7. The summed E-state index contributed by atoms with van der Waals surface area (Å²) in [6.45, 7) is 5.24. The summed E-state index contributed by atoms with van der Waals surface area (Å²) >= 11 is 1.19. The maximum atomic E-state index is 12.9. The molecule has 2 atom stereocenters. The fourth-order valence-corrected chi connectivity index (χ4v) is 6.01. The Kier molecular flexibility index (Phi) is 6.17. The van der Waals surface area contributed by atoms with E-state index < -0.39 is 10.0 Å². The van der Waals surface area contributed by atoms with Crippen LogP contribution in [0.1, 0.15) is 44.9 Å². The molecule has 2 aromatic rings. The van der Waals surface area contributed by atoms with E-state index in [0.29, 0.717) is 47.6 Å². The molecule has 8 nitrogen and oxygen atoms in total. The Morgan fingerprint density at radius 1 is 1.17 bits per heavy atom. The van der Waals surface area contributed by atoms with Crippen LogP contribution in [0.15, 0.2) is 38.8 Å². The number of piperidine rings is 1. The molecule has 1 aromatic carbocycles. The number of amides is 1. The molecule has 1 saturated heterocycles. The highest BCUT2D eigenvalue weighted by molar-refractivity contribution is 7.99. The van der Waals surface area contributed by atoms with Crippen LogP contribution in [0.3, 0.4) is 0 Å². The number of hydrogen-bond donors (Lipinski definition) is 1. The molecule has 4 rings (SSSR count). The van der Waals surface area contributed by atoms with Crippen LogP contribution in [0.5, 0.6) is 0 Å². The first-order chi connectivity index (χ1) is 14.3. The van der Waals surface area contributed by atoms with Gasteiger partial charge in [0.1, 0.15) is 0 Å². The van der Waals surface area contributed by atoms with Gasteiger partial charge >= 0.3 is 0 Å². The minimum Gasteiger partial charge on any atom is -0.416 e. The first kappa shape index (κ1) is 21.3. The molecule has 30 heavy (non-hydrogen) atoms. The van der Waals surface area contributed by atoms with Crippen LogP contribution in [0.25, 0.3) is 0 Å². The summed E-state index contributed by atoms with van der Waals surface area (Å²) in [5, 5.41) is 11.1. The third-order valence-electron chi connectivity index (χ3n) is 5.29. The summed E-state index contributed by atoms with van der Waals surface area (Å²) in [4.78, 5) is 12.4. The average molecular weight is 451 g/mol. The van der Waals surface area contributed by atoms with E-state index in [-0.39, 0.29) is 16.6 Å². The SMILES string of the molecule is C[C@H]1C[C@H](C)CN(S(=O)(=O)c2ccc(NC(=O)CSc3nnc(C4CC4)o3)cc2)C1. The highest BCUT2D eigenvalue weighted by atomic mass is 32.2. The van der Waals surface area contributed by atoms with Gasteiger partial charge in [-0.15, -0.1) is 10.2 Å². The van der Waals surface area contributed by atoms with Crippen LogP contribution in [0.4, 0.5) is 5.69 Å². The molecule has 2 aliphatic rings. The van der Waals surface area contributed by atoms with Crippen molar-refractivity contribution in [2.24, 2.45) is 11.8 Å². The Morgan fingerprint density at radius 3 is 2.47 bits per heavy atom. The summed E-state index contributed by atoms with van der Waals surface area (Å²) in [7, 11) is -3.53. The maximum absolute atomic E-state index is 12.9.